The molecule has 2 N–H and O–H groups in total. The molecule has 2 aromatic rings. The highest BCUT2D eigenvalue weighted by Crippen LogP contribution is 2.47. The number of carbonyl (C=O) groups is 1. The Bertz CT molecular complexity index is 734. The fourth-order valence-corrected chi connectivity index (χ4v) is 4.80. The molecular weight excluding hydrogens is 378 g/mol. The van der Waals surface area contributed by atoms with Crippen molar-refractivity contribution in [2.45, 2.75) is 29.1 Å². The van der Waals surface area contributed by atoms with Crippen LogP contribution in [0.2, 0.25) is 0 Å². The maximum absolute atomic E-state index is 12.3. The van der Waals surface area contributed by atoms with Crippen LogP contribution in [0.4, 0.5) is 11.4 Å². The third kappa shape index (κ3) is 4.60. The summed E-state index contributed by atoms with van der Waals surface area (Å²) in [7, 11) is 0. The molecule has 2 aromatic carbocycles. The van der Waals surface area contributed by atoms with Crippen molar-refractivity contribution in [2.24, 2.45) is 5.92 Å². The molecular formula is C21H26ClN3OS. The Morgan fingerprint density at radius 2 is 1.63 bits per heavy atom. The Labute approximate surface area is 171 Å². The molecule has 144 valence electrons. The molecule has 4 rings (SSSR count). The Balaban J connectivity index is 0.00000210. The maximum Gasteiger partial charge on any atom is 0.223 e. The summed E-state index contributed by atoms with van der Waals surface area (Å²) in [4.78, 5) is 17.3. The summed E-state index contributed by atoms with van der Waals surface area (Å²) in [6.45, 7) is 3.55. The molecule has 4 nitrogen and oxygen atoms in total. The van der Waals surface area contributed by atoms with Gasteiger partial charge in [-0.2, -0.15) is 0 Å². The number of fused-ring (bicyclic) bond motifs is 2. The number of hydrogen-bond donors (Lipinski definition) is 2. The second-order valence-corrected chi connectivity index (χ2v) is 7.94. The standard InChI is InChI=1S/C21H25N3OS.ClH/c25-21(16-10-13-22-14-11-16)23-12-5-15-24-17-6-1-3-8-19(17)26-20-9-4-2-7-18(20)24;/h1-4,6-9,16,22H,5,10-15H2,(H,23,25);1H. The summed E-state index contributed by atoms with van der Waals surface area (Å²) >= 11 is 1.83. The minimum absolute atomic E-state index is 0. The first-order valence-corrected chi connectivity index (χ1v) is 10.3. The summed E-state index contributed by atoms with van der Waals surface area (Å²) in [6.07, 6.45) is 2.84. The van der Waals surface area contributed by atoms with Gasteiger partial charge >= 0.3 is 0 Å². The van der Waals surface area contributed by atoms with Crippen LogP contribution in [0.15, 0.2) is 58.3 Å². The van der Waals surface area contributed by atoms with Crippen molar-refractivity contribution in [3.63, 3.8) is 0 Å². The van der Waals surface area contributed by atoms with E-state index in [0.717, 1.165) is 45.4 Å². The van der Waals surface area contributed by atoms with E-state index in [1.807, 2.05) is 11.8 Å². The molecule has 6 heteroatoms. The minimum Gasteiger partial charge on any atom is -0.356 e. The molecule has 1 saturated heterocycles. The number of piperidine rings is 1. The molecule has 2 aliphatic heterocycles. The first-order valence-electron chi connectivity index (χ1n) is 9.45. The fourth-order valence-electron chi connectivity index (χ4n) is 3.70. The van der Waals surface area contributed by atoms with E-state index >= 15 is 0 Å². The quantitative estimate of drug-likeness (QED) is 0.734. The smallest absolute Gasteiger partial charge is 0.223 e. The van der Waals surface area contributed by atoms with Crippen molar-refractivity contribution in [1.82, 2.24) is 10.6 Å². The van der Waals surface area contributed by atoms with Gasteiger partial charge < -0.3 is 15.5 Å². The monoisotopic (exact) mass is 403 g/mol. The van der Waals surface area contributed by atoms with E-state index in [-0.39, 0.29) is 24.2 Å². The van der Waals surface area contributed by atoms with Crippen LogP contribution in [0.25, 0.3) is 0 Å². The zero-order valence-electron chi connectivity index (χ0n) is 15.3. The average Bonchev–Trinajstić information content (AvgIpc) is 2.71. The van der Waals surface area contributed by atoms with Crippen molar-refractivity contribution in [3.8, 4) is 0 Å². The second-order valence-electron chi connectivity index (χ2n) is 6.86. The Morgan fingerprint density at radius 1 is 1.04 bits per heavy atom. The average molecular weight is 404 g/mol. The molecule has 0 aromatic heterocycles. The summed E-state index contributed by atoms with van der Waals surface area (Å²) < 4.78 is 0. The maximum atomic E-state index is 12.3. The number of hydrogen-bond acceptors (Lipinski definition) is 4. The highest BCUT2D eigenvalue weighted by molar-refractivity contribution is 7.99. The molecule has 1 amide bonds. The highest BCUT2D eigenvalue weighted by Gasteiger charge is 2.23. The Kier molecular flexibility index (Phi) is 7.05. The van der Waals surface area contributed by atoms with Crippen LogP contribution in [-0.4, -0.2) is 32.1 Å². The van der Waals surface area contributed by atoms with Crippen LogP contribution in [0, 0.1) is 5.92 Å². The van der Waals surface area contributed by atoms with E-state index in [9.17, 15) is 4.79 Å². The third-order valence-corrected chi connectivity index (χ3v) is 6.23. The second kappa shape index (κ2) is 9.49. The summed E-state index contributed by atoms with van der Waals surface area (Å²) in [5, 5.41) is 6.45. The van der Waals surface area contributed by atoms with E-state index in [0.29, 0.717) is 0 Å². The van der Waals surface area contributed by atoms with Crippen molar-refractivity contribution >= 4 is 41.5 Å². The van der Waals surface area contributed by atoms with Crippen molar-refractivity contribution < 1.29 is 4.79 Å². The normalized spacial score (nSPS) is 16.1. The highest BCUT2D eigenvalue weighted by atomic mass is 35.5. The first-order chi connectivity index (χ1) is 12.8. The molecule has 0 unspecified atom stereocenters. The lowest BCUT2D eigenvalue weighted by Crippen LogP contribution is -2.39. The molecule has 2 heterocycles. The third-order valence-electron chi connectivity index (χ3n) is 5.10. The number of nitrogens with zero attached hydrogens (tertiary/aromatic N) is 1. The molecule has 0 bridgehead atoms. The molecule has 0 spiro atoms. The van der Waals surface area contributed by atoms with Gasteiger partial charge in [0, 0.05) is 28.8 Å². The number of benzene rings is 2. The minimum atomic E-state index is 0. The van der Waals surface area contributed by atoms with Gasteiger partial charge in [0.2, 0.25) is 5.91 Å². The van der Waals surface area contributed by atoms with Crippen LogP contribution >= 0.6 is 24.2 Å². The van der Waals surface area contributed by atoms with Gasteiger partial charge in [0.1, 0.15) is 0 Å². The summed E-state index contributed by atoms with van der Waals surface area (Å²) in [6, 6.07) is 17.1. The van der Waals surface area contributed by atoms with E-state index in [4.69, 9.17) is 0 Å². The number of para-hydroxylation sites is 2. The number of halogens is 1. The van der Waals surface area contributed by atoms with E-state index in [1.54, 1.807) is 0 Å². The van der Waals surface area contributed by atoms with Gasteiger partial charge in [0.25, 0.3) is 0 Å². The summed E-state index contributed by atoms with van der Waals surface area (Å²) in [5.41, 5.74) is 2.53. The fraction of sp³-hybridized carbons (Fsp3) is 0.381. The first kappa shape index (κ1) is 20.1. The van der Waals surface area contributed by atoms with Gasteiger partial charge in [0.05, 0.1) is 11.4 Å². The molecule has 27 heavy (non-hydrogen) atoms. The van der Waals surface area contributed by atoms with E-state index in [2.05, 4.69) is 64.1 Å². The van der Waals surface area contributed by atoms with Gasteiger partial charge in [-0.1, -0.05) is 36.0 Å². The number of anilines is 2. The molecule has 0 radical (unpaired) electrons. The predicted octanol–water partition coefficient (Wildman–Crippen LogP) is 4.22. The summed E-state index contributed by atoms with van der Waals surface area (Å²) in [5.74, 6) is 0.408. The largest absolute Gasteiger partial charge is 0.356 e. The molecule has 0 saturated carbocycles. The lowest BCUT2D eigenvalue weighted by Gasteiger charge is -2.32. The van der Waals surface area contributed by atoms with Crippen molar-refractivity contribution in [3.05, 3.63) is 48.5 Å². The van der Waals surface area contributed by atoms with Crippen LogP contribution in [0.5, 0.6) is 0 Å². The van der Waals surface area contributed by atoms with Gasteiger partial charge in [-0.25, -0.2) is 0 Å². The van der Waals surface area contributed by atoms with Crippen LogP contribution in [0.1, 0.15) is 19.3 Å². The number of amides is 1. The van der Waals surface area contributed by atoms with Gasteiger partial charge in [-0.05, 0) is 56.6 Å². The Hall–Kier alpha value is -1.69. The lowest BCUT2D eigenvalue weighted by molar-refractivity contribution is -0.125. The van der Waals surface area contributed by atoms with Crippen molar-refractivity contribution in [1.29, 1.82) is 0 Å². The Morgan fingerprint density at radius 3 is 2.26 bits per heavy atom. The van der Waals surface area contributed by atoms with Gasteiger partial charge in [0.15, 0.2) is 0 Å². The SMILES string of the molecule is Cl.O=C(NCCCN1c2ccccc2Sc2ccccc21)C1CCNCC1. The molecule has 1 fully saturated rings. The zero-order valence-corrected chi connectivity index (χ0v) is 17.0. The van der Waals surface area contributed by atoms with Gasteiger partial charge in [-0.15, -0.1) is 12.4 Å². The van der Waals surface area contributed by atoms with Crippen LogP contribution < -0.4 is 15.5 Å². The van der Waals surface area contributed by atoms with Crippen molar-refractivity contribution in [2.75, 3.05) is 31.1 Å². The van der Waals surface area contributed by atoms with E-state index < -0.39 is 0 Å². The van der Waals surface area contributed by atoms with Gasteiger partial charge in [-0.3, -0.25) is 4.79 Å². The number of carbonyl (C=O) groups excluding carboxylic acids is 1. The topological polar surface area (TPSA) is 44.4 Å². The number of rotatable bonds is 5. The van der Waals surface area contributed by atoms with Crippen LogP contribution in [-0.2, 0) is 4.79 Å². The zero-order chi connectivity index (χ0) is 17.8. The van der Waals surface area contributed by atoms with Crippen LogP contribution in [0.3, 0.4) is 0 Å². The lowest BCUT2D eigenvalue weighted by atomic mass is 9.97. The van der Waals surface area contributed by atoms with E-state index in [1.165, 1.54) is 21.2 Å². The molecule has 2 aliphatic rings. The molecule has 0 atom stereocenters. The predicted molar refractivity (Wildman–Crippen MR) is 114 cm³/mol. The number of nitrogens with one attached hydrogen (secondary N) is 2. The molecule has 0 aliphatic carbocycles.